The number of carbonyl (C=O) groups is 2. The third-order valence-corrected chi connectivity index (χ3v) is 4.18. The zero-order valence-corrected chi connectivity index (χ0v) is 16.4. The Labute approximate surface area is 173 Å². The Bertz CT molecular complexity index is 981. The quantitative estimate of drug-likeness (QED) is 0.518. The summed E-state index contributed by atoms with van der Waals surface area (Å²) in [6, 6.07) is 21.8. The summed E-state index contributed by atoms with van der Waals surface area (Å²) < 4.78 is 5.83. The van der Waals surface area contributed by atoms with Gasteiger partial charge in [-0.05, 0) is 49.4 Å². The molecule has 0 fully saturated rings. The lowest BCUT2D eigenvalue weighted by Gasteiger charge is -2.17. The highest BCUT2D eigenvalue weighted by atomic mass is 35.5. The van der Waals surface area contributed by atoms with Gasteiger partial charge in [0.05, 0.1) is 5.69 Å². The van der Waals surface area contributed by atoms with Gasteiger partial charge in [0.1, 0.15) is 11.8 Å². The number of urea groups is 1. The Morgan fingerprint density at radius 3 is 2.24 bits per heavy atom. The van der Waals surface area contributed by atoms with Crippen LogP contribution in [0.15, 0.2) is 78.9 Å². The highest BCUT2D eigenvalue weighted by Crippen LogP contribution is 2.32. The van der Waals surface area contributed by atoms with Crippen molar-refractivity contribution < 1.29 is 14.3 Å². The van der Waals surface area contributed by atoms with E-state index in [1.165, 1.54) is 0 Å². The highest BCUT2D eigenvalue weighted by Gasteiger charge is 2.18. The first kappa shape index (κ1) is 20.2. The van der Waals surface area contributed by atoms with Crippen molar-refractivity contribution in [3.05, 3.63) is 83.9 Å². The van der Waals surface area contributed by atoms with E-state index < -0.39 is 18.0 Å². The van der Waals surface area contributed by atoms with Crippen molar-refractivity contribution >= 4 is 34.9 Å². The van der Waals surface area contributed by atoms with Crippen molar-refractivity contribution in [3.63, 3.8) is 0 Å². The summed E-state index contributed by atoms with van der Waals surface area (Å²) >= 11 is 6.07. The van der Waals surface area contributed by atoms with Crippen LogP contribution >= 0.6 is 11.6 Å². The summed E-state index contributed by atoms with van der Waals surface area (Å²) in [5.41, 5.74) is 1.04. The number of amides is 3. The molecule has 29 heavy (non-hydrogen) atoms. The van der Waals surface area contributed by atoms with Gasteiger partial charge in [-0.25, -0.2) is 4.79 Å². The summed E-state index contributed by atoms with van der Waals surface area (Å²) in [6.45, 7) is 1.59. The average molecular weight is 410 g/mol. The molecule has 3 rings (SSSR count). The molecule has 0 spiro atoms. The number of carbonyl (C=O) groups excluding carboxylic acids is 2. The third-order valence-electron chi connectivity index (χ3n) is 3.94. The first-order valence-corrected chi connectivity index (χ1v) is 9.35. The van der Waals surface area contributed by atoms with Crippen molar-refractivity contribution in [1.82, 2.24) is 5.32 Å². The predicted octanol–water partition coefficient (Wildman–Crippen LogP) is 5.28. The standard InChI is InChI=1S/C22H20ClN3O3/c1-15(24-22(28)25-17-8-4-2-5-9-17)21(27)26-19-14-16(23)12-13-20(19)29-18-10-6-3-7-11-18/h2-15H,1H3,(H,26,27)(H2,24,25,28)/t15-/m0/s1. The molecule has 6 nitrogen and oxygen atoms in total. The minimum Gasteiger partial charge on any atom is -0.455 e. The lowest BCUT2D eigenvalue weighted by molar-refractivity contribution is -0.117. The molecule has 0 radical (unpaired) electrons. The van der Waals surface area contributed by atoms with Gasteiger partial charge in [0.15, 0.2) is 5.75 Å². The largest absolute Gasteiger partial charge is 0.455 e. The molecule has 0 bridgehead atoms. The smallest absolute Gasteiger partial charge is 0.319 e. The number of benzene rings is 3. The van der Waals surface area contributed by atoms with Crippen LogP contribution in [-0.2, 0) is 4.79 Å². The minimum absolute atomic E-state index is 0.406. The van der Waals surface area contributed by atoms with Gasteiger partial charge >= 0.3 is 6.03 Å². The normalized spacial score (nSPS) is 11.2. The number of hydrogen-bond donors (Lipinski definition) is 3. The highest BCUT2D eigenvalue weighted by molar-refractivity contribution is 6.31. The Morgan fingerprint density at radius 1 is 0.897 bits per heavy atom. The van der Waals surface area contributed by atoms with Crippen molar-refractivity contribution in [3.8, 4) is 11.5 Å². The fraction of sp³-hybridized carbons (Fsp3) is 0.0909. The number of para-hydroxylation sites is 2. The fourth-order valence-corrected chi connectivity index (χ4v) is 2.67. The molecule has 0 saturated carbocycles. The molecule has 3 aromatic rings. The zero-order chi connectivity index (χ0) is 20.6. The number of rotatable bonds is 6. The topological polar surface area (TPSA) is 79.5 Å². The Hall–Kier alpha value is -3.51. The van der Waals surface area contributed by atoms with Crippen LogP contribution in [0.5, 0.6) is 11.5 Å². The molecular formula is C22H20ClN3O3. The summed E-state index contributed by atoms with van der Waals surface area (Å²) in [5.74, 6) is 0.655. The first-order chi connectivity index (χ1) is 14.0. The summed E-state index contributed by atoms with van der Waals surface area (Å²) in [6.07, 6.45) is 0. The van der Waals surface area contributed by atoms with Crippen LogP contribution in [0.4, 0.5) is 16.2 Å². The second-order valence-corrected chi connectivity index (χ2v) is 6.67. The molecule has 0 heterocycles. The fourth-order valence-electron chi connectivity index (χ4n) is 2.50. The first-order valence-electron chi connectivity index (χ1n) is 8.97. The molecule has 148 valence electrons. The van der Waals surface area contributed by atoms with E-state index in [1.54, 1.807) is 61.5 Å². The van der Waals surface area contributed by atoms with E-state index in [-0.39, 0.29) is 0 Å². The molecule has 7 heteroatoms. The van der Waals surface area contributed by atoms with Gasteiger partial charge in [0, 0.05) is 10.7 Å². The van der Waals surface area contributed by atoms with Crippen molar-refractivity contribution in [2.24, 2.45) is 0 Å². The maximum Gasteiger partial charge on any atom is 0.319 e. The van der Waals surface area contributed by atoms with Crippen LogP contribution in [0.25, 0.3) is 0 Å². The second kappa shape index (κ2) is 9.61. The zero-order valence-electron chi connectivity index (χ0n) is 15.7. The van der Waals surface area contributed by atoms with E-state index in [0.717, 1.165) is 0 Å². The molecule has 0 aromatic heterocycles. The molecule has 0 aliphatic heterocycles. The Kier molecular flexibility index (Phi) is 6.71. The molecule has 0 saturated heterocycles. The van der Waals surface area contributed by atoms with Crippen LogP contribution in [0.2, 0.25) is 5.02 Å². The Morgan fingerprint density at radius 2 is 1.55 bits per heavy atom. The Balaban J connectivity index is 1.64. The van der Waals surface area contributed by atoms with E-state index >= 15 is 0 Å². The number of anilines is 2. The summed E-state index contributed by atoms with van der Waals surface area (Å²) in [5, 5.41) is 8.46. The van der Waals surface area contributed by atoms with Crippen molar-refractivity contribution in [2.75, 3.05) is 10.6 Å². The van der Waals surface area contributed by atoms with Crippen LogP contribution in [-0.4, -0.2) is 18.0 Å². The monoisotopic (exact) mass is 409 g/mol. The molecule has 3 aromatic carbocycles. The average Bonchev–Trinajstić information content (AvgIpc) is 2.71. The predicted molar refractivity (Wildman–Crippen MR) is 115 cm³/mol. The van der Waals surface area contributed by atoms with Gasteiger partial charge in [-0.1, -0.05) is 48.0 Å². The maximum absolute atomic E-state index is 12.6. The maximum atomic E-state index is 12.6. The van der Waals surface area contributed by atoms with Gasteiger partial charge < -0.3 is 20.7 Å². The van der Waals surface area contributed by atoms with Gasteiger partial charge in [-0.2, -0.15) is 0 Å². The number of hydrogen-bond acceptors (Lipinski definition) is 3. The van der Waals surface area contributed by atoms with Gasteiger partial charge in [0.25, 0.3) is 0 Å². The molecule has 1 atom stereocenters. The molecule has 3 N–H and O–H groups in total. The van der Waals surface area contributed by atoms with Gasteiger partial charge in [-0.3, -0.25) is 4.79 Å². The van der Waals surface area contributed by atoms with Crippen molar-refractivity contribution in [2.45, 2.75) is 13.0 Å². The van der Waals surface area contributed by atoms with Gasteiger partial charge in [0.2, 0.25) is 5.91 Å². The lowest BCUT2D eigenvalue weighted by Crippen LogP contribution is -2.43. The van der Waals surface area contributed by atoms with Crippen molar-refractivity contribution in [1.29, 1.82) is 0 Å². The van der Waals surface area contributed by atoms with Crippen LogP contribution in [0.1, 0.15) is 6.92 Å². The second-order valence-electron chi connectivity index (χ2n) is 6.23. The molecular weight excluding hydrogens is 390 g/mol. The lowest BCUT2D eigenvalue weighted by atomic mass is 10.2. The molecule has 0 aliphatic carbocycles. The molecule has 0 aliphatic rings. The van der Waals surface area contributed by atoms with E-state index in [0.29, 0.717) is 27.9 Å². The van der Waals surface area contributed by atoms with Crippen LogP contribution in [0.3, 0.4) is 0 Å². The van der Waals surface area contributed by atoms with Crippen LogP contribution in [0, 0.1) is 0 Å². The SMILES string of the molecule is C[C@H](NC(=O)Nc1ccccc1)C(=O)Nc1cc(Cl)ccc1Oc1ccccc1. The van der Waals surface area contributed by atoms with E-state index in [2.05, 4.69) is 16.0 Å². The minimum atomic E-state index is -0.790. The molecule has 0 unspecified atom stereocenters. The van der Waals surface area contributed by atoms with Gasteiger partial charge in [-0.15, -0.1) is 0 Å². The third kappa shape index (κ3) is 5.99. The summed E-state index contributed by atoms with van der Waals surface area (Å²) in [7, 11) is 0. The van der Waals surface area contributed by atoms with E-state index in [1.807, 2.05) is 24.3 Å². The molecule has 3 amide bonds. The number of ether oxygens (including phenoxy) is 1. The number of nitrogens with one attached hydrogen (secondary N) is 3. The van der Waals surface area contributed by atoms with E-state index in [9.17, 15) is 9.59 Å². The van der Waals surface area contributed by atoms with Crippen LogP contribution < -0.4 is 20.7 Å². The number of halogens is 1. The van der Waals surface area contributed by atoms with E-state index in [4.69, 9.17) is 16.3 Å². The summed E-state index contributed by atoms with van der Waals surface area (Å²) in [4.78, 5) is 24.7.